The lowest BCUT2D eigenvalue weighted by atomic mass is 9.99. The molecule has 1 saturated heterocycles. The molecular formula is C21H21F4N5O3. The van der Waals surface area contributed by atoms with Crippen molar-refractivity contribution >= 4 is 17.4 Å². The van der Waals surface area contributed by atoms with Gasteiger partial charge in [-0.3, -0.25) is 9.79 Å². The van der Waals surface area contributed by atoms with E-state index in [9.17, 15) is 27.5 Å². The van der Waals surface area contributed by atoms with Crippen LogP contribution < -0.4 is 10.6 Å². The minimum atomic E-state index is -3.62. The normalized spacial score (nSPS) is 21.2. The molecule has 0 aliphatic carbocycles. The zero-order chi connectivity index (χ0) is 23.8. The molecule has 3 heterocycles. The largest absolute Gasteiger partial charge is 0.391 e. The van der Waals surface area contributed by atoms with Crippen LogP contribution in [0.3, 0.4) is 0 Å². The van der Waals surface area contributed by atoms with Gasteiger partial charge in [0.2, 0.25) is 0 Å². The van der Waals surface area contributed by atoms with E-state index in [4.69, 9.17) is 4.74 Å². The van der Waals surface area contributed by atoms with Gasteiger partial charge in [-0.25, -0.2) is 27.5 Å². The van der Waals surface area contributed by atoms with Crippen LogP contribution in [-0.4, -0.2) is 58.0 Å². The predicted octanol–water partition coefficient (Wildman–Crippen LogP) is 2.13. The molecule has 2 aliphatic rings. The highest BCUT2D eigenvalue weighted by Gasteiger charge is 2.40. The molecule has 0 radical (unpaired) electrons. The van der Waals surface area contributed by atoms with Crippen molar-refractivity contribution in [3.63, 3.8) is 0 Å². The van der Waals surface area contributed by atoms with Crippen LogP contribution in [0.25, 0.3) is 0 Å². The van der Waals surface area contributed by atoms with Gasteiger partial charge in [0, 0.05) is 19.1 Å². The third-order valence-corrected chi connectivity index (χ3v) is 5.46. The van der Waals surface area contributed by atoms with Crippen LogP contribution >= 0.6 is 0 Å². The Balaban J connectivity index is 1.62. The molecule has 1 fully saturated rings. The molecule has 1 aromatic heterocycles. The standard InChI is InChI=1S/C21H21F4N5O3/c1-21(24,25)18(11-6-10(22)2-3-12(11)23)30-20(32)17-16-13(7-26-17)27-9-28-19(16)29-14-8-33-5-4-15(14)31/h2-3,6,9,14-15,18,31H,4-5,7-8H2,1H3,(H,30,32)(H,27,28,29)/t14-,15-,18+/m1/s1. The Kier molecular flexibility index (Phi) is 6.30. The molecule has 0 bridgehead atoms. The third kappa shape index (κ3) is 4.81. The number of carbonyl (C=O) groups is 1. The van der Waals surface area contributed by atoms with Crippen molar-refractivity contribution in [1.82, 2.24) is 15.3 Å². The summed E-state index contributed by atoms with van der Waals surface area (Å²) < 4.78 is 61.9. The maximum absolute atomic E-state index is 14.3. The maximum atomic E-state index is 14.3. The Hall–Kier alpha value is -3.12. The van der Waals surface area contributed by atoms with Gasteiger partial charge in [-0.2, -0.15) is 0 Å². The number of carbonyl (C=O) groups excluding carboxylic acids is 1. The maximum Gasteiger partial charge on any atom is 0.270 e. The van der Waals surface area contributed by atoms with Gasteiger partial charge in [-0.1, -0.05) is 0 Å². The summed E-state index contributed by atoms with van der Waals surface area (Å²) in [6, 6.07) is -0.547. The van der Waals surface area contributed by atoms with Crippen molar-refractivity contribution in [2.45, 2.75) is 44.0 Å². The summed E-state index contributed by atoms with van der Waals surface area (Å²) in [4.78, 5) is 25.3. The van der Waals surface area contributed by atoms with Gasteiger partial charge in [-0.05, 0) is 24.6 Å². The van der Waals surface area contributed by atoms with Gasteiger partial charge in [-0.15, -0.1) is 0 Å². The number of amides is 1. The molecule has 8 nitrogen and oxygen atoms in total. The van der Waals surface area contributed by atoms with E-state index in [0.29, 0.717) is 37.8 Å². The molecule has 0 spiro atoms. The molecular weight excluding hydrogens is 446 g/mol. The Labute approximate surface area is 186 Å². The fraction of sp³-hybridized carbons (Fsp3) is 0.429. The van der Waals surface area contributed by atoms with Crippen LogP contribution in [0.2, 0.25) is 0 Å². The van der Waals surface area contributed by atoms with E-state index in [1.165, 1.54) is 6.33 Å². The molecule has 33 heavy (non-hydrogen) atoms. The second-order valence-electron chi connectivity index (χ2n) is 7.92. The fourth-order valence-electron chi connectivity index (χ4n) is 3.77. The summed E-state index contributed by atoms with van der Waals surface area (Å²) in [6.07, 6.45) is 0.927. The number of rotatable bonds is 6. The van der Waals surface area contributed by atoms with E-state index in [0.717, 1.165) is 6.07 Å². The van der Waals surface area contributed by atoms with Crippen LogP contribution in [-0.2, 0) is 16.1 Å². The Morgan fingerprint density at radius 1 is 1.30 bits per heavy atom. The van der Waals surface area contributed by atoms with Crippen LogP contribution in [0.1, 0.15) is 36.2 Å². The number of anilines is 1. The summed E-state index contributed by atoms with van der Waals surface area (Å²) >= 11 is 0. The quantitative estimate of drug-likeness (QED) is 0.562. The molecule has 3 atom stereocenters. The van der Waals surface area contributed by atoms with E-state index >= 15 is 0 Å². The van der Waals surface area contributed by atoms with Crippen molar-refractivity contribution in [2.24, 2.45) is 4.99 Å². The fourth-order valence-corrected chi connectivity index (χ4v) is 3.77. The lowest BCUT2D eigenvalue weighted by Gasteiger charge is -2.29. The highest BCUT2D eigenvalue weighted by Crippen LogP contribution is 2.33. The molecule has 3 N–H and O–H groups in total. The average molecular weight is 467 g/mol. The van der Waals surface area contributed by atoms with E-state index < -0.39 is 47.2 Å². The highest BCUT2D eigenvalue weighted by atomic mass is 19.3. The van der Waals surface area contributed by atoms with Crippen LogP contribution in [0.4, 0.5) is 23.4 Å². The van der Waals surface area contributed by atoms with Crippen LogP contribution in [0.5, 0.6) is 0 Å². The number of aliphatic imine (C=N–C) groups is 1. The topological polar surface area (TPSA) is 109 Å². The predicted molar refractivity (Wildman–Crippen MR) is 109 cm³/mol. The molecule has 0 unspecified atom stereocenters. The molecule has 1 amide bonds. The number of halogens is 4. The number of fused-ring (bicyclic) bond motifs is 1. The number of nitrogens with one attached hydrogen (secondary N) is 2. The lowest BCUT2D eigenvalue weighted by Crippen LogP contribution is -2.44. The summed E-state index contributed by atoms with van der Waals surface area (Å²) in [7, 11) is 0. The monoisotopic (exact) mass is 467 g/mol. The van der Waals surface area contributed by atoms with Crippen molar-refractivity contribution in [3.05, 3.63) is 53.0 Å². The zero-order valence-corrected chi connectivity index (χ0v) is 17.5. The minimum Gasteiger partial charge on any atom is -0.391 e. The molecule has 12 heteroatoms. The smallest absolute Gasteiger partial charge is 0.270 e. The Morgan fingerprint density at radius 3 is 2.82 bits per heavy atom. The summed E-state index contributed by atoms with van der Waals surface area (Å²) in [5.41, 5.74) is -0.364. The van der Waals surface area contributed by atoms with E-state index in [-0.39, 0.29) is 30.2 Å². The number of aliphatic hydroxyl groups is 1. The second-order valence-corrected chi connectivity index (χ2v) is 7.92. The number of aromatic nitrogens is 2. The molecule has 2 aromatic rings. The van der Waals surface area contributed by atoms with E-state index in [2.05, 4.69) is 25.6 Å². The van der Waals surface area contributed by atoms with Gasteiger partial charge >= 0.3 is 0 Å². The van der Waals surface area contributed by atoms with Gasteiger partial charge in [0.15, 0.2) is 0 Å². The van der Waals surface area contributed by atoms with Gasteiger partial charge in [0.05, 0.1) is 36.6 Å². The molecule has 0 saturated carbocycles. The zero-order valence-electron chi connectivity index (χ0n) is 17.5. The molecule has 1 aromatic carbocycles. The SMILES string of the molecule is CC(F)(F)[C@@H](NC(=O)C1=NCc2ncnc(N[C@@H]3COCC[C@H]3O)c21)c1cc(F)ccc1F. The van der Waals surface area contributed by atoms with Crippen LogP contribution in [0, 0.1) is 11.6 Å². The first-order chi connectivity index (χ1) is 15.6. The molecule has 176 valence electrons. The van der Waals surface area contributed by atoms with Crippen LogP contribution in [0.15, 0.2) is 29.5 Å². The van der Waals surface area contributed by atoms with Crippen molar-refractivity contribution in [1.29, 1.82) is 0 Å². The number of aliphatic hydroxyl groups excluding tert-OH is 1. The summed E-state index contributed by atoms with van der Waals surface area (Å²) in [5.74, 6) is -6.48. The first kappa shape index (κ1) is 23.1. The molecule has 2 aliphatic heterocycles. The van der Waals surface area contributed by atoms with Gasteiger partial charge in [0.25, 0.3) is 11.8 Å². The summed E-state index contributed by atoms with van der Waals surface area (Å²) in [6.45, 7) is 1.09. The summed E-state index contributed by atoms with van der Waals surface area (Å²) in [5, 5.41) is 15.3. The number of benzene rings is 1. The number of ether oxygens (including phenoxy) is 1. The van der Waals surface area contributed by atoms with Gasteiger partial charge in [0.1, 0.15) is 35.5 Å². The van der Waals surface area contributed by atoms with E-state index in [1.807, 2.05) is 0 Å². The van der Waals surface area contributed by atoms with Crippen molar-refractivity contribution in [2.75, 3.05) is 18.5 Å². The van der Waals surface area contributed by atoms with Crippen molar-refractivity contribution in [3.8, 4) is 0 Å². The number of nitrogens with zero attached hydrogens (tertiary/aromatic N) is 3. The first-order valence-electron chi connectivity index (χ1n) is 10.2. The minimum absolute atomic E-state index is 0.000514. The Bertz CT molecular complexity index is 1090. The van der Waals surface area contributed by atoms with Crippen molar-refractivity contribution < 1.29 is 32.2 Å². The number of hydrogen-bond acceptors (Lipinski definition) is 7. The number of alkyl halides is 2. The second kappa shape index (κ2) is 9.02. The third-order valence-electron chi connectivity index (χ3n) is 5.46. The highest BCUT2D eigenvalue weighted by molar-refractivity contribution is 6.47. The first-order valence-corrected chi connectivity index (χ1v) is 10.2. The Morgan fingerprint density at radius 2 is 2.09 bits per heavy atom. The van der Waals surface area contributed by atoms with Gasteiger partial charge < -0.3 is 20.5 Å². The lowest BCUT2D eigenvalue weighted by molar-refractivity contribution is -0.119. The molecule has 4 rings (SSSR count). The number of hydrogen-bond donors (Lipinski definition) is 3. The average Bonchev–Trinajstić information content (AvgIpc) is 3.20. The van der Waals surface area contributed by atoms with E-state index in [1.54, 1.807) is 0 Å².